The van der Waals surface area contributed by atoms with Crippen molar-refractivity contribution < 1.29 is 9.13 Å². The summed E-state index contributed by atoms with van der Waals surface area (Å²) in [5, 5.41) is 11.5. The van der Waals surface area contributed by atoms with Crippen molar-refractivity contribution >= 4 is 5.69 Å². The highest BCUT2D eigenvalue weighted by Crippen LogP contribution is 2.21. The van der Waals surface area contributed by atoms with Gasteiger partial charge in [0.25, 0.3) is 0 Å². The number of tetrazole rings is 1. The van der Waals surface area contributed by atoms with Crippen LogP contribution in [0.3, 0.4) is 0 Å². The Morgan fingerprint density at radius 2 is 2.26 bits per heavy atom. The second kappa shape index (κ2) is 5.75. The highest BCUT2D eigenvalue weighted by molar-refractivity contribution is 5.61. The predicted octanol–water partition coefficient (Wildman–Crippen LogP) is 1.34. The smallest absolute Gasteiger partial charge is 0.182 e. The molecule has 0 aliphatic heterocycles. The maximum absolute atomic E-state index is 13.2. The van der Waals surface area contributed by atoms with Crippen LogP contribution in [-0.4, -0.2) is 33.9 Å². The number of nitrogen functional groups attached to an aromatic ring is 1. The molecule has 2 N–H and O–H groups in total. The van der Waals surface area contributed by atoms with E-state index in [1.165, 1.54) is 12.1 Å². The molecule has 0 fully saturated rings. The molecule has 0 bridgehead atoms. The van der Waals surface area contributed by atoms with Crippen molar-refractivity contribution in [2.75, 3.05) is 19.5 Å². The molecular weight excluding hydrogens is 249 g/mol. The van der Waals surface area contributed by atoms with E-state index in [1.54, 1.807) is 17.9 Å². The summed E-state index contributed by atoms with van der Waals surface area (Å²) in [6.07, 6.45) is 0. The van der Waals surface area contributed by atoms with Crippen molar-refractivity contribution in [3.63, 3.8) is 0 Å². The minimum Gasteiger partial charge on any atom is -0.396 e. The minimum absolute atomic E-state index is 0.0805. The number of ether oxygens (including phenoxy) is 1. The third-order valence-electron chi connectivity index (χ3n) is 2.72. The molecule has 0 aliphatic carbocycles. The van der Waals surface area contributed by atoms with E-state index < -0.39 is 5.82 Å². The van der Waals surface area contributed by atoms with Crippen LogP contribution >= 0.6 is 0 Å². The number of nitrogens with zero attached hydrogens (tertiary/aromatic N) is 4. The normalized spacial score (nSPS) is 12.6. The van der Waals surface area contributed by atoms with E-state index >= 15 is 0 Å². The highest BCUT2D eigenvalue weighted by atomic mass is 19.1. The lowest BCUT2D eigenvalue weighted by Gasteiger charge is -2.11. The molecule has 102 valence electrons. The van der Waals surface area contributed by atoms with Crippen molar-refractivity contribution in [1.82, 2.24) is 20.2 Å². The van der Waals surface area contributed by atoms with Crippen LogP contribution in [0, 0.1) is 11.7 Å². The second-order valence-corrected chi connectivity index (χ2v) is 4.48. The molecule has 0 saturated carbocycles. The number of benzene rings is 1. The Balaban J connectivity index is 2.25. The molecule has 0 spiro atoms. The first-order valence-electron chi connectivity index (χ1n) is 5.92. The van der Waals surface area contributed by atoms with Gasteiger partial charge in [0, 0.05) is 19.2 Å². The Kier molecular flexibility index (Phi) is 4.06. The molecule has 1 atom stereocenters. The number of nitrogens with two attached hydrogens (primary N) is 1. The van der Waals surface area contributed by atoms with Gasteiger partial charge in [0.1, 0.15) is 5.82 Å². The third kappa shape index (κ3) is 3.05. The van der Waals surface area contributed by atoms with Crippen molar-refractivity contribution in [2.45, 2.75) is 13.5 Å². The van der Waals surface area contributed by atoms with Gasteiger partial charge in [-0.25, -0.2) is 9.07 Å². The number of hydrogen-bond donors (Lipinski definition) is 1. The van der Waals surface area contributed by atoms with Gasteiger partial charge in [-0.05, 0) is 34.5 Å². The fourth-order valence-corrected chi connectivity index (χ4v) is 1.85. The van der Waals surface area contributed by atoms with Gasteiger partial charge in [-0.3, -0.25) is 0 Å². The summed E-state index contributed by atoms with van der Waals surface area (Å²) in [5.74, 6) is 0.384. The van der Waals surface area contributed by atoms with Gasteiger partial charge < -0.3 is 10.5 Å². The fraction of sp³-hybridized carbons (Fsp3) is 0.417. The Morgan fingerprint density at radius 3 is 2.95 bits per heavy atom. The lowest BCUT2D eigenvalue weighted by Crippen LogP contribution is -2.14. The zero-order chi connectivity index (χ0) is 13.8. The SMILES string of the molecule is COCC(C)Cn1nnnc1-c1ccc(F)c(N)c1. The second-order valence-electron chi connectivity index (χ2n) is 4.48. The topological polar surface area (TPSA) is 78.8 Å². The quantitative estimate of drug-likeness (QED) is 0.825. The number of halogens is 1. The Bertz CT molecular complexity index is 557. The number of anilines is 1. The summed E-state index contributed by atoms with van der Waals surface area (Å²) in [7, 11) is 1.65. The number of methoxy groups -OCH3 is 1. The van der Waals surface area contributed by atoms with Gasteiger partial charge in [0.2, 0.25) is 0 Å². The van der Waals surface area contributed by atoms with Crippen LogP contribution in [-0.2, 0) is 11.3 Å². The van der Waals surface area contributed by atoms with Crippen molar-refractivity contribution in [1.29, 1.82) is 0 Å². The maximum Gasteiger partial charge on any atom is 0.182 e. The van der Waals surface area contributed by atoms with Crippen molar-refractivity contribution in [3.05, 3.63) is 24.0 Å². The molecule has 0 saturated heterocycles. The molecule has 19 heavy (non-hydrogen) atoms. The van der Waals surface area contributed by atoms with Crippen LogP contribution in [0.25, 0.3) is 11.4 Å². The van der Waals surface area contributed by atoms with Crippen LogP contribution in [0.4, 0.5) is 10.1 Å². The van der Waals surface area contributed by atoms with E-state index in [1.807, 2.05) is 6.92 Å². The molecule has 0 radical (unpaired) electrons. The van der Waals surface area contributed by atoms with Crippen LogP contribution in [0.5, 0.6) is 0 Å². The number of rotatable bonds is 5. The van der Waals surface area contributed by atoms with Crippen LogP contribution in [0.1, 0.15) is 6.92 Å². The highest BCUT2D eigenvalue weighted by Gasteiger charge is 2.13. The monoisotopic (exact) mass is 265 g/mol. The molecule has 2 rings (SSSR count). The molecule has 7 heteroatoms. The van der Waals surface area contributed by atoms with E-state index in [9.17, 15) is 4.39 Å². The lowest BCUT2D eigenvalue weighted by atomic mass is 10.1. The summed E-state index contributed by atoms with van der Waals surface area (Å²) < 4.78 is 19.9. The molecule has 1 heterocycles. The third-order valence-corrected chi connectivity index (χ3v) is 2.72. The van der Waals surface area contributed by atoms with Crippen molar-refractivity contribution in [2.24, 2.45) is 5.92 Å². The minimum atomic E-state index is -0.449. The van der Waals surface area contributed by atoms with Gasteiger partial charge in [-0.2, -0.15) is 0 Å². The van der Waals surface area contributed by atoms with Crippen LogP contribution in [0.15, 0.2) is 18.2 Å². The molecule has 1 aromatic carbocycles. The summed E-state index contributed by atoms with van der Waals surface area (Å²) in [6.45, 7) is 3.27. The van der Waals surface area contributed by atoms with E-state index in [4.69, 9.17) is 10.5 Å². The van der Waals surface area contributed by atoms with Gasteiger partial charge in [0.15, 0.2) is 5.82 Å². The molecule has 6 nitrogen and oxygen atoms in total. The Labute approximate surface area is 110 Å². The lowest BCUT2D eigenvalue weighted by molar-refractivity contribution is 0.149. The first-order valence-corrected chi connectivity index (χ1v) is 5.92. The predicted molar refractivity (Wildman–Crippen MR) is 68.7 cm³/mol. The average Bonchev–Trinajstić information content (AvgIpc) is 2.81. The molecule has 0 aliphatic rings. The van der Waals surface area contributed by atoms with Gasteiger partial charge in [0.05, 0.1) is 12.3 Å². The van der Waals surface area contributed by atoms with E-state index in [0.29, 0.717) is 24.5 Å². The van der Waals surface area contributed by atoms with E-state index in [2.05, 4.69) is 15.5 Å². The molecule has 0 amide bonds. The van der Waals surface area contributed by atoms with Gasteiger partial charge in [-0.15, -0.1) is 5.10 Å². The largest absolute Gasteiger partial charge is 0.396 e. The standard InChI is InChI=1S/C12H16FN5O/c1-8(7-19-2)6-18-12(15-16-17-18)9-3-4-10(13)11(14)5-9/h3-5,8H,6-7,14H2,1-2H3. The molecule has 1 aromatic heterocycles. The number of aromatic nitrogens is 4. The summed E-state index contributed by atoms with van der Waals surface area (Å²) in [6, 6.07) is 4.44. The molecular formula is C12H16FN5O. The van der Waals surface area contributed by atoms with E-state index in [-0.39, 0.29) is 11.6 Å². The summed E-state index contributed by atoms with van der Waals surface area (Å²) >= 11 is 0. The number of hydrogen-bond acceptors (Lipinski definition) is 5. The summed E-state index contributed by atoms with van der Waals surface area (Å²) in [5.41, 5.74) is 6.32. The maximum atomic E-state index is 13.2. The van der Waals surface area contributed by atoms with Crippen LogP contribution < -0.4 is 5.73 Å². The zero-order valence-corrected chi connectivity index (χ0v) is 10.9. The zero-order valence-electron chi connectivity index (χ0n) is 10.9. The average molecular weight is 265 g/mol. The first kappa shape index (κ1) is 13.4. The van der Waals surface area contributed by atoms with E-state index in [0.717, 1.165) is 0 Å². The summed E-state index contributed by atoms with van der Waals surface area (Å²) in [4.78, 5) is 0. The molecule has 1 unspecified atom stereocenters. The molecule has 2 aromatic rings. The van der Waals surface area contributed by atoms with Gasteiger partial charge in [-0.1, -0.05) is 6.92 Å². The Morgan fingerprint density at radius 1 is 1.47 bits per heavy atom. The van der Waals surface area contributed by atoms with Crippen molar-refractivity contribution in [3.8, 4) is 11.4 Å². The first-order chi connectivity index (χ1) is 9.11. The fourth-order valence-electron chi connectivity index (χ4n) is 1.85. The van der Waals surface area contributed by atoms with Gasteiger partial charge >= 0.3 is 0 Å². The van der Waals surface area contributed by atoms with Crippen LogP contribution in [0.2, 0.25) is 0 Å². The Hall–Kier alpha value is -2.02.